The molecule has 4 unspecified atom stereocenters. The standard InChI is InChI=1S/C15H20ClFN2.ClH/c1-9(10-2-4-14(17)13(16)6-10)19-7-11-3-5-15(18)12(11)8-19;/h2,4,6,9,11-12,15H,3,5,7-8,18H2,1H3;1H. The summed E-state index contributed by atoms with van der Waals surface area (Å²) in [7, 11) is 0. The molecule has 1 aliphatic carbocycles. The molecule has 20 heavy (non-hydrogen) atoms. The molecular weight excluding hydrogens is 298 g/mol. The van der Waals surface area contributed by atoms with Crippen molar-refractivity contribution >= 4 is 24.0 Å². The Bertz CT molecular complexity index is 483. The molecule has 2 fully saturated rings. The zero-order valence-electron chi connectivity index (χ0n) is 11.6. The highest BCUT2D eigenvalue weighted by Gasteiger charge is 2.42. The molecule has 2 N–H and O–H groups in total. The summed E-state index contributed by atoms with van der Waals surface area (Å²) >= 11 is 5.87. The minimum absolute atomic E-state index is 0. The molecule has 1 aromatic carbocycles. The van der Waals surface area contributed by atoms with Crippen molar-refractivity contribution in [3.05, 3.63) is 34.6 Å². The number of rotatable bonds is 2. The Morgan fingerprint density at radius 2 is 2.10 bits per heavy atom. The van der Waals surface area contributed by atoms with Crippen LogP contribution in [0.2, 0.25) is 5.02 Å². The molecule has 0 spiro atoms. The van der Waals surface area contributed by atoms with Crippen molar-refractivity contribution in [2.24, 2.45) is 17.6 Å². The van der Waals surface area contributed by atoms with E-state index in [9.17, 15) is 4.39 Å². The van der Waals surface area contributed by atoms with Gasteiger partial charge in [0.15, 0.2) is 0 Å². The number of fused-ring (bicyclic) bond motifs is 1. The van der Waals surface area contributed by atoms with Gasteiger partial charge in [0.2, 0.25) is 0 Å². The van der Waals surface area contributed by atoms with Crippen molar-refractivity contribution in [1.82, 2.24) is 4.90 Å². The van der Waals surface area contributed by atoms with Crippen LogP contribution in [0.3, 0.4) is 0 Å². The Kier molecular flexibility index (Phi) is 4.96. The summed E-state index contributed by atoms with van der Waals surface area (Å²) in [5.74, 6) is 1.03. The fourth-order valence-electron chi connectivity index (χ4n) is 3.64. The van der Waals surface area contributed by atoms with Gasteiger partial charge in [-0.25, -0.2) is 4.39 Å². The molecular formula is C15H21Cl2FN2. The van der Waals surface area contributed by atoms with Crippen LogP contribution < -0.4 is 5.73 Å². The van der Waals surface area contributed by atoms with Crippen molar-refractivity contribution in [3.8, 4) is 0 Å². The highest BCUT2D eigenvalue weighted by Crippen LogP contribution is 2.40. The lowest BCUT2D eigenvalue weighted by Gasteiger charge is -2.26. The smallest absolute Gasteiger partial charge is 0.141 e. The van der Waals surface area contributed by atoms with Gasteiger partial charge < -0.3 is 5.73 Å². The van der Waals surface area contributed by atoms with E-state index in [1.807, 2.05) is 6.07 Å². The maximum Gasteiger partial charge on any atom is 0.141 e. The van der Waals surface area contributed by atoms with Gasteiger partial charge in [0.1, 0.15) is 5.82 Å². The van der Waals surface area contributed by atoms with E-state index in [0.717, 1.165) is 24.6 Å². The zero-order valence-corrected chi connectivity index (χ0v) is 13.1. The molecule has 1 saturated carbocycles. The minimum atomic E-state index is -0.349. The zero-order chi connectivity index (χ0) is 13.6. The van der Waals surface area contributed by atoms with Gasteiger partial charge >= 0.3 is 0 Å². The number of nitrogens with zero attached hydrogens (tertiary/aromatic N) is 1. The molecule has 112 valence electrons. The van der Waals surface area contributed by atoms with Crippen LogP contribution in [0.1, 0.15) is 31.4 Å². The van der Waals surface area contributed by atoms with Gasteiger partial charge in [-0.1, -0.05) is 17.7 Å². The summed E-state index contributed by atoms with van der Waals surface area (Å²) in [6, 6.07) is 5.67. The molecule has 0 aromatic heterocycles. The SMILES string of the molecule is CC(c1ccc(F)c(Cl)c1)N1CC2CCC(N)C2C1.Cl. The first kappa shape index (κ1) is 16.0. The molecule has 1 aromatic rings. The summed E-state index contributed by atoms with van der Waals surface area (Å²) in [5, 5.41) is 0.209. The van der Waals surface area contributed by atoms with Gasteiger partial charge in [-0.2, -0.15) is 0 Å². The van der Waals surface area contributed by atoms with Crippen molar-refractivity contribution in [2.75, 3.05) is 13.1 Å². The second-order valence-electron chi connectivity index (χ2n) is 5.97. The third-order valence-electron chi connectivity index (χ3n) is 4.91. The van der Waals surface area contributed by atoms with E-state index in [2.05, 4.69) is 11.8 Å². The maximum atomic E-state index is 13.2. The second kappa shape index (κ2) is 6.18. The molecule has 1 heterocycles. The normalized spacial score (nSPS) is 30.9. The monoisotopic (exact) mass is 318 g/mol. The lowest BCUT2D eigenvalue weighted by Crippen LogP contribution is -2.31. The third-order valence-corrected chi connectivity index (χ3v) is 5.20. The molecule has 1 aliphatic heterocycles. The summed E-state index contributed by atoms with van der Waals surface area (Å²) in [6.07, 6.45) is 2.42. The number of likely N-dealkylation sites (tertiary alicyclic amines) is 1. The minimum Gasteiger partial charge on any atom is -0.327 e. The van der Waals surface area contributed by atoms with E-state index in [4.69, 9.17) is 17.3 Å². The Morgan fingerprint density at radius 3 is 2.75 bits per heavy atom. The van der Waals surface area contributed by atoms with Gasteiger partial charge in [-0.15, -0.1) is 12.4 Å². The highest BCUT2D eigenvalue weighted by molar-refractivity contribution is 6.30. The van der Waals surface area contributed by atoms with Gasteiger partial charge in [0.25, 0.3) is 0 Å². The lowest BCUT2D eigenvalue weighted by molar-refractivity contribution is 0.239. The van der Waals surface area contributed by atoms with E-state index in [-0.39, 0.29) is 29.3 Å². The number of halogens is 3. The van der Waals surface area contributed by atoms with E-state index in [1.165, 1.54) is 18.9 Å². The van der Waals surface area contributed by atoms with Crippen LogP contribution in [0, 0.1) is 17.7 Å². The predicted molar refractivity (Wildman–Crippen MR) is 82.8 cm³/mol. The van der Waals surface area contributed by atoms with Crippen molar-refractivity contribution in [2.45, 2.75) is 31.8 Å². The average Bonchev–Trinajstić information content (AvgIpc) is 2.95. The van der Waals surface area contributed by atoms with Crippen molar-refractivity contribution in [1.29, 1.82) is 0 Å². The second-order valence-corrected chi connectivity index (χ2v) is 6.38. The van der Waals surface area contributed by atoms with E-state index >= 15 is 0 Å². The van der Waals surface area contributed by atoms with Gasteiger partial charge in [-0.05, 0) is 49.3 Å². The maximum absolute atomic E-state index is 13.2. The first-order chi connectivity index (χ1) is 9.06. The number of nitrogens with two attached hydrogens (primary N) is 1. The van der Waals surface area contributed by atoms with Gasteiger partial charge in [0.05, 0.1) is 5.02 Å². The summed E-state index contributed by atoms with van der Waals surface area (Å²) in [6.45, 7) is 4.33. The summed E-state index contributed by atoms with van der Waals surface area (Å²) in [4.78, 5) is 2.46. The lowest BCUT2D eigenvalue weighted by atomic mass is 9.98. The molecule has 2 aliphatic rings. The molecule has 3 rings (SSSR count). The van der Waals surface area contributed by atoms with Crippen molar-refractivity contribution in [3.63, 3.8) is 0 Å². The van der Waals surface area contributed by atoms with Crippen LogP contribution in [0.4, 0.5) is 4.39 Å². The fourth-order valence-corrected chi connectivity index (χ4v) is 3.83. The van der Waals surface area contributed by atoms with Gasteiger partial charge in [-0.3, -0.25) is 4.90 Å². The van der Waals surface area contributed by atoms with Crippen LogP contribution in [0.5, 0.6) is 0 Å². The Morgan fingerprint density at radius 1 is 1.35 bits per heavy atom. The Hall–Kier alpha value is -0.350. The molecule has 0 radical (unpaired) electrons. The van der Waals surface area contributed by atoms with E-state index in [0.29, 0.717) is 12.0 Å². The molecule has 0 bridgehead atoms. The van der Waals surface area contributed by atoms with Crippen LogP contribution in [0.25, 0.3) is 0 Å². The molecule has 0 amide bonds. The highest BCUT2D eigenvalue weighted by atomic mass is 35.5. The number of hydrogen-bond acceptors (Lipinski definition) is 2. The number of hydrogen-bond donors (Lipinski definition) is 1. The molecule has 5 heteroatoms. The van der Waals surface area contributed by atoms with E-state index < -0.39 is 0 Å². The Labute approximate surface area is 130 Å². The van der Waals surface area contributed by atoms with Gasteiger partial charge in [0, 0.05) is 25.2 Å². The molecule has 2 nitrogen and oxygen atoms in total. The quantitative estimate of drug-likeness (QED) is 0.902. The summed E-state index contributed by atoms with van der Waals surface area (Å²) < 4.78 is 13.2. The predicted octanol–water partition coefficient (Wildman–Crippen LogP) is 3.63. The van der Waals surface area contributed by atoms with E-state index in [1.54, 1.807) is 6.07 Å². The van der Waals surface area contributed by atoms with Crippen molar-refractivity contribution < 1.29 is 4.39 Å². The van der Waals surface area contributed by atoms with Crippen LogP contribution in [-0.4, -0.2) is 24.0 Å². The largest absolute Gasteiger partial charge is 0.327 e. The fraction of sp³-hybridized carbons (Fsp3) is 0.600. The third kappa shape index (κ3) is 2.82. The first-order valence-corrected chi connectivity index (χ1v) is 7.38. The molecule has 4 atom stereocenters. The van der Waals surface area contributed by atoms with Crippen LogP contribution in [0.15, 0.2) is 18.2 Å². The van der Waals surface area contributed by atoms with Crippen LogP contribution >= 0.6 is 24.0 Å². The average molecular weight is 319 g/mol. The Balaban J connectivity index is 0.00000147. The topological polar surface area (TPSA) is 29.3 Å². The number of benzene rings is 1. The van der Waals surface area contributed by atoms with Crippen LogP contribution in [-0.2, 0) is 0 Å². The molecule has 1 saturated heterocycles. The summed E-state index contributed by atoms with van der Waals surface area (Å²) in [5.41, 5.74) is 7.25. The first-order valence-electron chi connectivity index (χ1n) is 7.01.